The summed E-state index contributed by atoms with van der Waals surface area (Å²) in [7, 11) is -2.95. The van der Waals surface area contributed by atoms with Gasteiger partial charge in [-0.15, -0.1) is 0 Å². The molecule has 1 aromatic carbocycles. The highest BCUT2D eigenvalue weighted by molar-refractivity contribution is 9.10. The van der Waals surface area contributed by atoms with Crippen LogP contribution in [0.15, 0.2) is 22.7 Å². The zero-order valence-corrected chi connectivity index (χ0v) is 13.9. The first-order valence-electron chi connectivity index (χ1n) is 6.63. The van der Waals surface area contributed by atoms with Crippen molar-refractivity contribution < 1.29 is 13.2 Å². The molecule has 116 valence electrons. The Morgan fingerprint density at radius 2 is 2.10 bits per heavy atom. The predicted molar refractivity (Wildman–Crippen MR) is 86.9 cm³/mol. The molecule has 0 aromatic heterocycles. The van der Waals surface area contributed by atoms with E-state index in [0.717, 1.165) is 0 Å². The molecular formula is C13H18BrN3O3S. The van der Waals surface area contributed by atoms with Crippen LogP contribution < -0.4 is 11.1 Å². The normalized spacial score (nSPS) is 18.9. The molecule has 0 saturated carbocycles. The number of anilines is 2. The average molecular weight is 376 g/mol. The van der Waals surface area contributed by atoms with E-state index in [1.807, 2.05) is 4.90 Å². The summed E-state index contributed by atoms with van der Waals surface area (Å²) >= 11 is 3.34. The van der Waals surface area contributed by atoms with Crippen molar-refractivity contribution in [1.82, 2.24) is 4.90 Å². The molecule has 1 saturated heterocycles. The van der Waals surface area contributed by atoms with Crippen molar-refractivity contribution in [3.63, 3.8) is 0 Å². The van der Waals surface area contributed by atoms with Gasteiger partial charge in [0.05, 0.1) is 23.7 Å². The van der Waals surface area contributed by atoms with Crippen LogP contribution in [0.5, 0.6) is 0 Å². The number of nitrogens with one attached hydrogen (secondary N) is 1. The second-order valence-electron chi connectivity index (χ2n) is 5.07. The summed E-state index contributed by atoms with van der Waals surface area (Å²) in [5.41, 5.74) is 6.90. The van der Waals surface area contributed by atoms with Crippen molar-refractivity contribution in [1.29, 1.82) is 0 Å². The molecule has 0 radical (unpaired) electrons. The Morgan fingerprint density at radius 3 is 2.81 bits per heavy atom. The number of halogens is 1. The number of amides is 1. The third-order valence-electron chi connectivity index (χ3n) is 3.28. The maximum absolute atomic E-state index is 12.0. The zero-order chi connectivity index (χ0) is 15.5. The lowest BCUT2D eigenvalue weighted by Gasteiger charge is -2.18. The Kier molecular flexibility index (Phi) is 5.23. The summed E-state index contributed by atoms with van der Waals surface area (Å²) in [5, 5.41) is 2.79. The van der Waals surface area contributed by atoms with Crippen molar-refractivity contribution in [2.24, 2.45) is 0 Å². The van der Waals surface area contributed by atoms with Gasteiger partial charge in [-0.3, -0.25) is 9.69 Å². The number of carbonyl (C=O) groups excluding carboxylic acids is 1. The van der Waals surface area contributed by atoms with Gasteiger partial charge in [0, 0.05) is 16.7 Å². The Balaban J connectivity index is 1.92. The molecule has 3 N–H and O–H groups in total. The van der Waals surface area contributed by atoms with Gasteiger partial charge in [-0.25, -0.2) is 8.42 Å². The molecule has 0 aliphatic carbocycles. The predicted octanol–water partition coefficient (Wildman–Crippen LogP) is 1.09. The van der Waals surface area contributed by atoms with Crippen LogP contribution in [-0.2, 0) is 14.6 Å². The Labute approximate surface area is 132 Å². The first-order chi connectivity index (χ1) is 9.85. The van der Waals surface area contributed by atoms with E-state index in [-0.39, 0.29) is 24.0 Å². The fraction of sp³-hybridized carbons (Fsp3) is 0.462. The molecule has 2 rings (SSSR count). The molecule has 21 heavy (non-hydrogen) atoms. The fourth-order valence-electron chi connectivity index (χ4n) is 2.17. The average Bonchev–Trinajstić information content (AvgIpc) is 2.54. The number of sulfone groups is 1. The van der Waals surface area contributed by atoms with E-state index in [1.54, 1.807) is 18.2 Å². The van der Waals surface area contributed by atoms with Crippen molar-refractivity contribution in [2.75, 3.05) is 42.2 Å². The summed E-state index contributed by atoms with van der Waals surface area (Å²) in [4.78, 5) is 13.9. The van der Waals surface area contributed by atoms with Gasteiger partial charge in [0.1, 0.15) is 0 Å². The van der Waals surface area contributed by atoms with Crippen molar-refractivity contribution in [2.45, 2.75) is 6.42 Å². The highest BCUT2D eigenvalue weighted by Gasteiger charge is 2.20. The molecule has 0 atom stereocenters. The van der Waals surface area contributed by atoms with E-state index in [1.165, 1.54) is 0 Å². The second kappa shape index (κ2) is 6.76. The Hall–Kier alpha value is -1.12. The van der Waals surface area contributed by atoms with Gasteiger partial charge in [0.15, 0.2) is 9.84 Å². The van der Waals surface area contributed by atoms with Gasteiger partial charge in [0.2, 0.25) is 5.91 Å². The summed E-state index contributed by atoms with van der Waals surface area (Å²) < 4.78 is 23.8. The number of nitrogen functional groups attached to an aromatic ring is 1. The van der Waals surface area contributed by atoms with E-state index in [2.05, 4.69) is 21.2 Å². The largest absolute Gasteiger partial charge is 0.399 e. The number of nitrogens with zero attached hydrogens (tertiary/aromatic N) is 1. The van der Waals surface area contributed by atoms with E-state index in [0.29, 0.717) is 35.4 Å². The van der Waals surface area contributed by atoms with E-state index in [9.17, 15) is 13.2 Å². The topological polar surface area (TPSA) is 92.5 Å². The van der Waals surface area contributed by atoms with E-state index in [4.69, 9.17) is 5.73 Å². The molecule has 1 fully saturated rings. The van der Waals surface area contributed by atoms with Crippen LogP contribution in [0, 0.1) is 0 Å². The molecular weight excluding hydrogens is 358 g/mol. The van der Waals surface area contributed by atoms with Crippen LogP contribution in [0.3, 0.4) is 0 Å². The van der Waals surface area contributed by atoms with Crippen LogP contribution in [0.25, 0.3) is 0 Å². The number of hydrogen-bond acceptors (Lipinski definition) is 5. The van der Waals surface area contributed by atoms with Crippen molar-refractivity contribution in [3.05, 3.63) is 22.7 Å². The maximum atomic E-state index is 12.0. The molecule has 0 unspecified atom stereocenters. The van der Waals surface area contributed by atoms with Crippen LogP contribution in [0.4, 0.5) is 11.4 Å². The number of hydrogen-bond donors (Lipinski definition) is 2. The van der Waals surface area contributed by atoms with Crippen molar-refractivity contribution in [3.8, 4) is 0 Å². The van der Waals surface area contributed by atoms with Crippen molar-refractivity contribution >= 4 is 43.0 Å². The standard InChI is InChI=1S/C13H18BrN3O3S/c14-11-8-10(15)2-3-12(11)16-13(18)9-17-4-1-6-21(19,20)7-5-17/h2-3,8H,1,4-7,9,15H2,(H,16,18). The lowest BCUT2D eigenvalue weighted by atomic mass is 10.3. The molecule has 1 heterocycles. The lowest BCUT2D eigenvalue weighted by Crippen LogP contribution is -2.35. The van der Waals surface area contributed by atoms with Gasteiger partial charge < -0.3 is 11.1 Å². The minimum absolute atomic E-state index is 0.117. The smallest absolute Gasteiger partial charge is 0.238 e. The van der Waals surface area contributed by atoms with Crippen LogP contribution in [-0.4, -0.2) is 50.4 Å². The Morgan fingerprint density at radius 1 is 1.33 bits per heavy atom. The monoisotopic (exact) mass is 375 g/mol. The SMILES string of the molecule is Nc1ccc(NC(=O)CN2CCCS(=O)(=O)CC2)c(Br)c1. The molecule has 0 bridgehead atoms. The van der Waals surface area contributed by atoms with Gasteiger partial charge in [-0.05, 0) is 47.1 Å². The summed E-state index contributed by atoms with van der Waals surface area (Å²) in [6.07, 6.45) is 0.571. The summed E-state index contributed by atoms with van der Waals surface area (Å²) in [6.45, 7) is 1.21. The highest BCUT2D eigenvalue weighted by Crippen LogP contribution is 2.24. The molecule has 0 spiro atoms. The van der Waals surface area contributed by atoms with E-state index < -0.39 is 9.84 Å². The number of nitrogens with two attached hydrogens (primary N) is 1. The molecule has 1 aliphatic heterocycles. The third kappa shape index (κ3) is 4.98. The molecule has 1 aromatic rings. The molecule has 1 aliphatic rings. The van der Waals surface area contributed by atoms with Gasteiger partial charge in [-0.1, -0.05) is 0 Å². The fourth-order valence-corrected chi connectivity index (χ4v) is 3.98. The quantitative estimate of drug-likeness (QED) is 0.771. The molecule has 1 amide bonds. The zero-order valence-electron chi connectivity index (χ0n) is 11.5. The first-order valence-corrected chi connectivity index (χ1v) is 9.25. The number of rotatable bonds is 3. The summed E-state index contributed by atoms with van der Waals surface area (Å²) in [6, 6.07) is 5.15. The lowest BCUT2D eigenvalue weighted by molar-refractivity contribution is -0.117. The Bertz CT molecular complexity index is 634. The van der Waals surface area contributed by atoms with E-state index >= 15 is 0 Å². The van der Waals surface area contributed by atoms with Gasteiger partial charge >= 0.3 is 0 Å². The second-order valence-corrected chi connectivity index (χ2v) is 8.23. The van der Waals surface area contributed by atoms with Gasteiger partial charge in [-0.2, -0.15) is 0 Å². The third-order valence-corrected chi connectivity index (χ3v) is 5.65. The minimum Gasteiger partial charge on any atom is -0.399 e. The number of carbonyl (C=O) groups is 1. The molecule has 8 heteroatoms. The first kappa shape index (κ1) is 16.3. The van der Waals surface area contributed by atoms with Crippen LogP contribution in [0.1, 0.15) is 6.42 Å². The molecule has 6 nitrogen and oxygen atoms in total. The highest BCUT2D eigenvalue weighted by atomic mass is 79.9. The van der Waals surface area contributed by atoms with Gasteiger partial charge in [0.25, 0.3) is 0 Å². The summed E-state index contributed by atoms with van der Waals surface area (Å²) in [5.74, 6) is 0.153. The minimum atomic E-state index is -2.95. The maximum Gasteiger partial charge on any atom is 0.238 e. The van der Waals surface area contributed by atoms with Crippen LogP contribution in [0.2, 0.25) is 0 Å². The van der Waals surface area contributed by atoms with Crippen LogP contribution >= 0.6 is 15.9 Å². The number of benzene rings is 1.